The van der Waals surface area contributed by atoms with Crippen LogP contribution < -0.4 is 10.2 Å². The number of rotatable bonds is 5. The van der Waals surface area contributed by atoms with Crippen LogP contribution in [-0.4, -0.2) is 82.8 Å². The van der Waals surface area contributed by atoms with Crippen molar-refractivity contribution in [1.82, 2.24) is 10.2 Å². The number of hydrogen-bond acceptors (Lipinski definition) is 5. The Bertz CT molecular complexity index is 817. The number of para-hydroxylation sites is 1. The molecule has 7 nitrogen and oxygen atoms in total. The number of hydrogen-bond donors (Lipinski definition) is 1. The van der Waals surface area contributed by atoms with Crippen molar-refractivity contribution >= 4 is 21.5 Å². The Hall–Kier alpha value is -1.87. The maximum atomic E-state index is 14.1. The van der Waals surface area contributed by atoms with E-state index < -0.39 is 14.6 Å². The van der Waals surface area contributed by atoms with Crippen LogP contribution in [0.2, 0.25) is 0 Å². The van der Waals surface area contributed by atoms with Crippen LogP contribution >= 0.6 is 0 Å². The first kappa shape index (κ1) is 21.8. The van der Waals surface area contributed by atoms with Crippen LogP contribution in [0.5, 0.6) is 0 Å². The molecule has 1 aromatic rings. The minimum Gasteiger partial charge on any atom is -0.381 e. The highest BCUT2D eigenvalue weighted by molar-refractivity contribution is 7.92. The minimum atomic E-state index is -3.26. The first-order valence-electron chi connectivity index (χ1n) is 10.2. The molecule has 0 atom stereocenters. The fourth-order valence-corrected chi connectivity index (χ4v) is 5.11. The van der Waals surface area contributed by atoms with Gasteiger partial charge in [0.05, 0.1) is 17.0 Å². The van der Waals surface area contributed by atoms with Gasteiger partial charge >= 0.3 is 0 Å². The quantitative estimate of drug-likeness (QED) is 0.568. The second-order valence-electron chi connectivity index (χ2n) is 7.66. The van der Waals surface area contributed by atoms with Crippen molar-refractivity contribution < 1.29 is 17.5 Å². The van der Waals surface area contributed by atoms with E-state index in [2.05, 4.69) is 10.2 Å². The Morgan fingerprint density at radius 3 is 2.45 bits per heavy atom. The molecule has 0 bridgehead atoms. The van der Waals surface area contributed by atoms with Crippen molar-refractivity contribution in [3.63, 3.8) is 0 Å². The molecule has 162 valence electrons. The third-order valence-electron chi connectivity index (χ3n) is 5.81. The van der Waals surface area contributed by atoms with Gasteiger partial charge in [0.1, 0.15) is 5.82 Å². The zero-order valence-electron chi connectivity index (χ0n) is 17.2. The third kappa shape index (κ3) is 5.01. The standard InChI is InChI=1S/C20H31FN4O3S/c1-3-22-19(23-16-20(29(2,26)27)8-14-28-15-9-20)25-12-10-24(11-13-25)18-7-5-4-6-17(18)21/h4-7H,3,8-16H2,1-2H3,(H,22,23). The fraction of sp³-hybridized carbons (Fsp3) is 0.650. The molecular weight excluding hydrogens is 395 g/mol. The van der Waals surface area contributed by atoms with E-state index in [0.717, 1.165) is 5.96 Å². The van der Waals surface area contributed by atoms with Gasteiger partial charge in [0.25, 0.3) is 0 Å². The molecule has 9 heteroatoms. The van der Waals surface area contributed by atoms with Crippen molar-refractivity contribution in [1.29, 1.82) is 0 Å². The number of aliphatic imine (C=N–C) groups is 1. The van der Waals surface area contributed by atoms with Gasteiger partial charge in [-0.3, -0.25) is 4.99 Å². The molecule has 0 spiro atoms. The van der Waals surface area contributed by atoms with Crippen LogP contribution in [0.1, 0.15) is 19.8 Å². The largest absolute Gasteiger partial charge is 0.381 e. The minimum absolute atomic E-state index is 0.212. The Kier molecular flexibility index (Phi) is 7.00. The lowest BCUT2D eigenvalue weighted by molar-refractivity contribution is 0.0767. The van der Waals surface area contributed by atoms with Crippen LogP contribution in [0.25, 0.3) is 0 Å². The number of nitrogens with one attached hydrogen (secondary N) is 1. The molecule has 1 aromatic carbocycles. The van der Waals surface area contributed by atoms with E-state index in [0.29, 0.717) is 64.5 Å². The SMILES string of the molecule is CCNC(=NCC1(S(C)(=O)=O)CCOCC1)N1CCN(c2ccccc2F)CC1. The lowest BCUT2D eigenvalue weighted by Crippen LogP contribution is -2.53. The fourth-order valence-electron chi connectivity index (χ4n) is 3.90. The van der Waals surface area contributed by atoms with Gasteiger partial charge in [-0.15, -0.1) is 0 Å². The average Bonchev–Trinajstić information content (AvgIpc) is 2.72. The van der Waals surface area contributed by atoms with Crippen LogP contribution in [0, 0.1) is 5.82 Å². The monoisotopic (exact) mass is 426 g/mol. The smallest absolute Gasteiger partial charge is 0.194 e. The lowest BCUT2D eigenvalue weighted by atomic mass is 9.99. The lowest BCUT2D eigenvalue weighted by Gasteiger charge is -2.38. The summed E-state index contributed by atoms with van der Waals surface area (Å²) >= 11 is 0. The Balaban J connectivity index is 1.70. The van der Waals surface area contributed by atoms with Gasteiger partial charge in [-0.05, 0) is 31.9 Å². The second-order valence-corrected chi connectivity index (χ2v) is 10.1. The van der Waals surface area contributed by atoms with Crippen molar-refractivity contribution in [3.8, 4) is 0 Å². The molecule has 2 aliphatic heterocycles. The highest BCUT2D eigenvalue weighted by atomic mass is 32.2. The summed E-state index contributed by atoms with van der Waals surface area (Å²) in [5.41, 5.74) is 0.618. The molecule has 2 saturated heterocycles. The molecule has 0 aliphatic carbocycles. The average molecular weight is 427 g/mol. The van der Waals surface area contributed by atoms with Gasteiger partial charge in [0, 0.05) is 52.2 Å². The number of nitrogens with zero attached hydrogens (tertiary/aromatic N) is 3. The summed E-state index contributed by atoms with van der Waals surface area (Å²) in [6, 6.07) is 6.81. The van der Waals surface area contributed by atoms with Gasteiger partial charge < -0.3 is 19.9 Å². The number of anilines is 1. The molecule has 0 aromatic heterocycles. The number of guanidine groups is 1. The molecule has 0 saturated carbocycles. The number of ether oxygens (including phenoxy) is 1. The maximum Gasteiger partial charge on any atom is 0.194 e. The van der Waals surface area contributed by atoms with E-state index in [1.165, 1.54) is 12.3 Å². The van der Waals surface area contributed by atoms with Gasteiger partial charge in [-0.1, -0.05) is 12.1 Å². The summed E-state index contributed by atoms with van der Waals surface area (Å²) in [4.78, 5) is 8.87. The number of benzene rings is 1. The summed E-state index contributed by atoms with van der Waals surface area (Å²) in [6.45, 7) is 6.54. The first-order chi connectivity index (χ1) is 13.9. The molecule has 1 N–H and O–H groups in total. The number of halogens is 1. The van der Waals surface area contributed by atoms with Crippen molar-refractivity contribution in [3.05, 3.63) is 30.1 Å². The normalized spacial score (nSPS) is 20.6. The van der Waals surface area contributed by atoms with Crippen LogP contribution in [0.15, 0.2) is 29.3 Å². The Morgan fingerprint density at radius 1 is 1.21 bits per heavy atom. The highest BCUT2D eigenvalue weighted by Gasteiger charge is 2.42. The van der Waals surface area contributed by atoms with Crippen molar-refractivity contribution in [2.75, 3.05) is 63.6 Å². The van der Waals surface area contributed by atoms with Crippen LogP contribution in [-0.2, 0) is 14.6 Å². The number of sulfone groups is 1. The van der Waals surface area contributed by atoms with Gasteiger partial charge in [0.2, 0.25) is 0 Å². The molecule has 29 heavy (non-hydrogen) atoms. The zero-order chi connectivity index (χ0) is 20.9. The van der Waals surface area contributed by atoms with E-state index >= 15 is 0 Å². The predicted molar refractivity (Wildman–Crippen MR) is 114 cm³/mol. The summed E-state index contributed by atoms with van der Waals surface area (Å²) in [7, 11) is -3.26. The van der Waals surface area contributed by atoms with Gasteiger partial charge in [0.15, 0.2) is 15.8 Å². The van der Waals surface area contributed by atoms with Gasteiger partial charge in [-0.2, -0.15) is 0 Å². The Labute approximate surface area is 172 Å². The molecule has 2 heterocycles. The van der Waals surface area contributed by atoms with Crippen molar-refractivity contribution in [2.24, 2.45) is 4.99 Å². The third-order valence-corrected chi connectivity index (χ3v) is 7.93. The van der Waals surface area contributed by atoms with Gasteiger partial charge in [-0.25, -0.2) is 12.8 Å². The van der Waals surface area contributed by atoms with Crippen molar-refractivity contribution in [2.45, 2.75) is 24.5 Å². The highest BCUT2D eigenvalue weighted by Crippen LogP contribution is 2.30. The van der Waals surface area contributed by atoms with E-state index in [-0.39, 0.29) is 12.4 Å². The maximum absolute atomic E-state index is 14.1. The van der Waals surface area contributed by atoms with E-state index in [1.54, 1.807) is 12.1 Å². The molecule has 0 amide bonds. The van der Waals surface area contributed by atoms with Crippen LogP contribution in [0.3, 0.4) is 0 Å². The molecule has 0 unspecified atom stereocenters. The van der Waals surface area contributed by atoms with Crippen LogP contribution in [0.4, 0.5) is 10.1 Å². The molecular formula is C20H31FN4O3S. The van der Waals surface area contributed by atoms with E-state index in [1.807, 2.05) is 17.9 Å². The second kappa shape index (κ2) is 9.30. The summed E-state index contributed by atoms with van der Waals surface area (Å²) in [5.74, 6) is 0.506. The topological polar surface area (TPSA) is 74.2 Å². The number of piperazine rings is 1. The molecule has 3 rings (SSSR count). The van der Waals surface area contributed by atoms with E-state index in [9.17, 15) is 12.8 Å². The molecule has 0 radical (unpaired) electrons. The summed E-state index contributed by atoms with van der Waals surface area (Å²) in [6.07, 6.45) is 2.24. The zero-order valence-corrected chi connectivity index (χ0v) is 18.0. The summed E-state index contributed by atoms with van der Waals surface area (Å²) in [5, 5.41) is 3.28. The molecule has 2 aliphatic rings. The first-order valence-corrected chi connectivity index (χ1v) is 12.1. The van der Waals surface area contributed by atoms with E-state index in [4.69, 9.17) is 9.73 Å². The summed E-state index contributed by atoms with van der Waals surface area (Å²) < 4.78 is 43.6. The predicted octanol–water partition coefficient (Wildman–Crippen LogP) is 1.51. The molecule has 2 fully saturated rings. The Morgan fingerprint density at radius 2 is 1.86 bits per heavy atom.